The lowest BCUT2D eigenvalue weighted by atomic mass is 10.0. The van der Waals surface area contributed by atoms with Gasteiger partial charge in [0.05, 0.1) is 22.1 Å². The normalized spacial score (nSPS) is 14.1. The number of aliphatic hydroxyl groups excluding tert-OH is 1. The molecular weight excluding hydrogens is 246 g/mol. The van der Waals surface area contributed by atoms with Crippen LogP contribution in [0.4, 0.5) is 11.5 Å². The Morgan fingerprint density at radius 3 is 2.82 bits per heavy atom. The number of anilines is 1. The molecule has 0 amide bonds. The molecule has 0 aliphatic rings. The van der Waals surface area contributed by atoms with Crippen LogP contribution in [0, 0.1) is 10.1 Å². The van der Waals surface area contributed by atoms with Crippen molar-refractivity contribution in [3.8, 4) is 0 Å². The number of halogens is 1. The molecule has 0 bridgehead atoms. The van der Waals surface area contributed by atoms with Gasteiger partial charge in [0.1, 0.15) is 0 Å². The molecule has 1 aromatic rings. The van der Waals surface area contributed by atoms with E-state index < -0.39 is 10.5 Å². The second-order valence-corrected chi connectivity index (χ2v) is 4.41. The molecule has 1 heterocycles. The molecule has 1 unspecified atom stereocenters. The molecule has 0 aliphatic heterocycles. The molecule has 94 valence electrons. The van der Waals surface area contributed by atoms with Gasteiger partial charge in [-0.2, -0.15) is 0 Å². The van der Waals surface area contributed by atoms with Gasteiger partial charge in [-0.3, -0.25) is 10.1 Å². The van der Waals surface area contributed by atoms with Crippen molar-refractivity contribution in [3.63, 3.8) is 0 Å². The Balaban J connectivity index is 3.10. The van der Waals surface area contributed by atoms with Crippen LogP contribution in [-0.2, 0) is 0 Å². The summed E-state index contributed by atoms with van der Waals surface area (Å²) in [6, 6.07) is 1.23. The van der Waals surface area contributed by atoms with E-state index >= 15 is 0 Å². The van der Waals surface area contributed by atoms with Crippen LogP contribution in [0.1, 0.15) is 20.3 Å². The number of nitrogens with one attached hydrogen (secondary N) is 1. The first-order valence-corrected chi connectivity index (χ1v) is 5.48. The summed E-state index contributed by atoms with van der Waals surface area (Å²) in [5, 5.41) is 23.2. The van der Waals surface area contributed by atoms with E-state index in [2.05, 4.69) is 10.3 Å². The van der Waals surface area contributed by atoms with Crippen molar-refractivity contribution >= 4 is 23.1 Å². The Hall–Kier alpha value is -1.40. The summed E-state index contributed by atoms with van der Waals surface area (Å²) < 4.78 is 0. The van der Waals surface area contributed by atoms with E-state index in [9.17, 15) is 15.2 Å². The van der Waals surface area contributed by atoms with Gasteiger partial charge in [-0.25, -0.2) is 4.98 Å². The first-order chi connectivity index (χ1) is 7.91. The largest absolute Gasteiger partial charge is 0.394 e. The zero-order chi connectivity index (χ0) is 13.1. The van der Waals surface area contributed by atoms with Gasteiger partial charge in [-0.1, -0.05) is 18.5 Å². The molecule has 7 heteroatoms. The lowest BCUT2D eigenvalue weighted by molar-refractivity contribution is -0.384. The third-order valence-electron chi connectivity index (χ3n) is 2.58. The van der Waals surface area contributed by atoms with E-state index in [-0.39, 0.29) is 23.1 Å². The maximum Gasteiger partial charge on any atom is 0.312 e. The number of hydrogen-bond donors (Lipinski definition) is 2. The van der Waals surface area contributed by atoms with Gasteiger partial charge in [0.15, 0.2) is 0 Å². The van der Waals surface area contributed by atoms with Gasteiger partial charge in [0.25, 0.3) is 0 Å². The molecule has 0 aliphatic carbocycles. The third kappa shape index (κ3) is 3.28. The monoisotopic (exact) mass is 259 g/mol. The van der Waals surface area contributed by atoms with Crippen LogP contribution in [-0.4, -0.2) is 27.2 Å². The first-order valence-electron chi connectivity index (χ1n) is 5.11. The summed E-state index contributed by atoms with van der Waals surface area (Å²) in [6.07, 6.45) is 1.93. The highest BCUT2D eigenvalue weighted by Gasteiger charge is 2.26. The van der Waals surface area contributed by atoms with Crippen molar-refractivity contribution < 1.29 is 10.0 Å². The summed E-state index contributed by atoms with van der Waals surface area (Å²) >= 11 is 5.66. The quantitative estimate of drug-likeness (QED) is 0.625. The fourth-order valence-electron chi connectivity index (χ4n) is 1.19. The van der Waals surface area contributed by atoms with Gasteiger partial charge in [-0.05, 0) is 13.3 Å². The average Bonchev–Trinajstić information content (AvgIpc) is 2.31. The van der Waals surface area contributed by atoms with Crippen LogP contribution in [0.3, 0.4) is 0 Å². The van der Waals surface area contributed by atoms with Crippen LogP contribution in [0.2, 0.25) is 5.02 Å². The third-order valence-corrected chi connectivity index (χ3v) is 2.79. The minimum Gasteiger partial charge on any atom is -0.394 e. The van der Waals surface area contributed by atoms with Crippen molar-refractivity contribution in [1.29, 1.82) is 0 Å². The van der Waals surface area contributed by atoms with Crippen LogP contribution in [0.25, 0.3) is 0 Å². The molecule has 17 heavy (non-hydrogen) atoms. The van der Waals surface area contributed by atoms with Gasteiger partial charge < -0.3 is 10.4 Å². The van der Waals surface area contributed by atoms with Crippen LogP contribution in [0.5, 0.6) is 0 Å². The molecule has 0 saturated carbocycles. The van der Waals surface area contributed by atoms with Crippen molar-refractivity contribution in [2.75, 3.05) is 11.9 Å². The molecule has 1 rings (SSSR count). The number of aliphatic hydroxyl groups is 1. The highest BCUT2D eigenvalue weighted by atomic mass is 35.5. The molecule has 1 aromatic heterocycles. The molecular formula is C10H14ClN3O3. The maximum absolute atomic E-state index is 10.8. The molecule has 0 aromatic carbocycles. The van der Waals surface area contributed by atoms with Gasteiger partial charge in [0, 0.05) is 12.3 Å². The molecule has 0 radical (unpaired) electrons. The Morgan fingerprint density at radius 2 is 2.35 bits per heavy atom. The average molecular weight is 260 g/mol. The zero-order valence-corrected chi connectivity index (χ0v) is 10.4. The van der Waals surface area contributed by atoms with E-state index in [0.29, 0.717) is 6.42 Å². The lowest BCUT2D eigenvalue weighted by Gasteiger charge is -2.27. The van der Waals surface area contributed by atoms with Crippen molar-refractivity contribution in [3.05, 3.63) is 27.4 Å². The fourth-order valence-corrected chi connectivity index (χ4v) is 1.34. The Morgan fingerprint density at radius 1 is 1.71 bits per heavy atom. The van der Waals surface area contributed by atoms with Crippen molar-refractivity contribution in [1.82, 2.24) is 4.98 Å². The SMILES string of the molecule is CCC(C)(CO)Nc1ncc(Cl)cc1[N+](=O)[O-]. The van der Waals surface area contributed by atoms with E-state index in [1.807, 2.05) is 6.92 Å². The number of pyridine rings is 1. The van der Waals surface area contributed by atoms with E-state index in [1.165, 1.54) is 12.3 Å². The highest BCUT2D eigenvalue weighted by Crippen LogP contribution is 2.28. The number of aromatic nitrogens is 1. The number of nitrogens with zero attached hydrogens (tertiary/aromatic N) is 2. The minimum absolute atomic E-state index is 0.109. The van der Waals surface area contributed by atoms with Crippen molar-refractivity contribution in [2.45, 2.75) is 25.8 Å². The second kappa shape index (κ2) is 5.29. The van der Waals surface area contributed by atoms with Gasteiger partial charge >= 0.3 is 5.69 Å². The molecule has 0 fully saturated rings. The predicted molar refractivity (Wildman–Crippen MR) is 65.3 cm³/mol. The smallest absolute Gasteiger partial charge is 0.312 e. The Kier molecular flexibility index (Phi) is 4.25. The minimum atomic E-state index is -0.647. The van der Waals surface area contributed by atoms with E-state index in [4.69, 9.17) is 11.6 Å². The zero-order valence-electron chi connectivity index (χ0n) is 9.61. The van der Waals surface area contributed by atoms with Crippen LogP contribution >= 0.6 is 11.6 Å². The van der Waals surface area contributed by atoms with Crippen molar-refractivity contribution in [2.24, 2.45) is 0 Å². The molecule has 1 atom stereocenters. The summed E-state index contributed by atoms with van der Waals surface area (Å²) in [5.74, 6) is 0.109. The fraction of sp³-hybridized carbons (Fsp3) is 0.500. The topological polar surface area (TPSA) is 88.3 Å². The summed E-state index contributed by atoms with van der Waals surface area (Å²) in [6.45, 7) is 3.48. The first kappa shape index (κ1) is 13.7. The van der Waals surface area contributed by atoms with Gasteiger partial charge in [0.2, 0.25) is 5.82 Å². The van der Waals surface area contributed by atoms with Gasteiger partial charge in [-0.15, -0.1) is 0 Å². The molecule has 2 N–H and O–H groups in total. The summed E-state index contributed by atoms with van der Waals surface area (Å²) in [5.41, 5.74) is -0.850. The lowest BCUT2D eigenvalue weighted by Crippen LogP contribution is -2.38. The van der Waals surface area contributed by atoms with Crippen LogP contribution in [0.15, 0.2) is 12.3 Å². The second-order valence-electron chi connectivity index (χ2n) is 3.98. The number of rotatable bonds is 5. The Bertz CT molecular complexity index is 421. The molecule has 6 nitrogen and oxygen atoms in total. The summed E-state index contributed by atoms with van der Waals surface area (Å²) in [4.78, 5) is 14.2. The molecule has 0 spiro atoms. The Labute approximate surface area is 104 Å². The molecule has 0 saturated heterocycles. The number of hydrogen-bond acceptors (Lipinski definition) is 5. The standard InChI is InChI=1S/C10H14ClN3O3/c1-3-10(2,6-15)13-9-8(14(16)17)4-7(11)5-12-9/h4-5,15H,3,6H2,1-2H3,(H,12,13). The van der Waals surface area contributed by atoms with Crippen LogP contribution < -0.4 is 5.32 Å². The van der Waals surface area contributed by atoms with E-state index in [0.717, 1.165) is 0 Å². The predicted octanol–water partition coefficient (Wildman–Crippen LogP) is 2.22. The highest BCUT2D eigenvalue weighted by molar-refractivity contribution is 6.30. The van der Waals surface area contributed by atoms with E-state index in [1.54, 1.807) is 6.92 Å². The summed E-state index contributed by atoms with van der Waals surface area (Å²) in [7, 11) is 0. The number of nitro groups is 1. The maximum atomic E-state index is 10.8.